The van der Waals surface area contributed by atoms with Gasteiger partial charge in [0.15, 0.2) is 0 Å². The highest BCUT2D eigenvalue weighted by atomic mass is 28.3. The molecule has 0 aliphatic rings. The molecule has 0 spiro atoms. The highest BCUT2D eigenvalue weighted by molar-refractivity contribution is 6.94. The van der Waals surface area contributed by atoms with Gasteiger partial charge in [-0.2, -0.15) is 0 Å². The minimum atomic E-state index is -1.74. The molecule has 0 N–H and O–H groups in total. The normalized spacial score (nSPS) is 11.6. The average Bonchev–Trinajstić information content (AvgIpc) is 2.65. The van der Waals surface area contributed by atoms with Crippen LogP contribution in [0.2, 0.25) is 13.1 Å². The van der Waals surface area contributed by atoms with E-state index < -0.39 is 8.07 Å². The van der Waals surface area contributed by atoms with E-state index in [9.17, 15) is 4.79 Å². The Morgan fingerprint density at radius 1 is 1.00 bits per heavy atom. The van der Waals surface area contributed by atoms with Gasteiger partial charge in [-0.3, -0.25) is 4.79 Å². The summed E-state index contributed by atoms with van der Waals surface area (Å²) in [7, 11) is -1.74. The molecule has 0 aliphatic carbocycles. The van der Waals surface area contributed by atoms with Crippen LogP contribution in [0, 0.1) is 0 Å². The first kappa shape index (κ1) is 19.2. The topological polar surface area (TPSA) is 20.3 Å². The summed E-state index contributed by atoms with van der Waals surface area (Å²) < 4.78 is 0. The van der Waals surface area contributed by atoms with Crippen LogP contribution in [0.5, 0.6) is 0 Å². The molecule has 3 heteroatoms. The van der Waals surface area contributed by atoms with Crippen LogP contribution in [-0.2, 0) is 11.3 Å². The number of carbonyl (C=O) groups is 1. The van der Waals surface area contributed by atoms with Crippen LogP contribution in [-0.4, -0.2) is 25.4 Å². The first-order chi connectivity index (χ1) is 12.0. The third-order valence-electron chi connectivity index (χ3n) is 4.47. The Kier molecular flexibility index (Phi) is 7.20. The molecule has 0 saturated carbocycles. The SMILES string of the molecule is CCCCN(Cc1ccccc1)C(=O)/C=C/[Si](C)(C)c1ccccc1. The quantitative estimate of drug-likeness (QED) is 0.505. The standard InChI is InChI=1S/C22H29NOSi/c1-4-5-17-23(19-20-12-8-6-9-13-20)22(24)16-18-25(2,3)21-14-10-7-11-15-21/h6-16,18H,4-5,17,19H2,1-3H3/b18-16+. The van der Waals surface area contributed by atoms with Crippen molar-refractivity contribution in [3.05, 3.63) is 78.0 Å². The number of hydrogen-bond donors (Lipinski definition) is 0. The van der Waals surface area contributed by atoms with E-state index in [1.807, 2.05) is 29.2 Å². The van der Waals surface area contributed by atoms with Crippen molar-refractivity contribution in [2.45, 2.75) is 39.4 Å². The van der Waals surface area contributed by atoms with Gasteiger partial charge in [0, 0.05) is 13.1 Å². The van der Waals surface area contributed by atoms with Gasteiger partial charge in [-0.1, -0.05) is 98.0 Å². The van der Waals surface area contributed by atoms with Crippen molar-refractivity contribution in [1.82, 2.24) is 4.90 Å². The third kappa shape index (κ3) is 6.02. The Hall–Kier alpha value is -2.13. The summed E-state index contributed by atoms with van der Waals surface area (Å²) >= 11 is 0. The first-order valence-corrected chi connectivity index (χ1v) is 12.2. The lowest BCUT2D eigenvalue weighted by Gasteiger charge is -2.23. The van der Waals surface area contributed by atoms with Crippen LogP contribution < -0.4 is 5.19 Å². The first-order valence-electron chi connectivity index (χ1n) is 9.10. The number of hydrogen-bond acceptors (Lipinski definition) is 1. The van der Waals surface area contributed by atoms with Gasteiger partial charge in [0.1, 0.15) is 8.07 Å². The lowest BCUT2D eigenvalue weighted by atomic mass is 10.2. The summed E-state index contributed by atoms with van der Waals surface area (Å²) in [5.41, 5.74) is 3.34. The monoisotopic (exact) mass is 351 g/mol. The second-order valence-electron chi connectivity index (χ2n) is 7.02. The lowest BCUT2D eigenvalue weighted by molar-refractivity contribution is -0.126. The summed E-state index contributed by atoms with van der Waals surface area (Å²) in [5.74, 6) is 0.119. The smallest absolute Gasteiger partial charge is 0.246 e. The number of carbonyl (C=O) groups excluding carboxylic acids is 1. The predicted octanol–water partition coefficient (Wildman–Crippen LogP) is 4.53. The van der Waals surface area contributed by atoms with Crippen molar-refractivity contribution >= 4 is 19.2 Å². The number of nitrogens with zero attached hydrogens (tertiary/aromatic N) is 1. The van der Waals surface area contributed by atoms with Gasteiger partial charge < -0.3 is 4.90 Å². The third-order valence-corrected chi connectivity index (χ3v) is 7.29. The van der Waals surface area contributed by atoms with Gasteiger partial charge in [0.05, 0.1) is 0 Å². The van der Waals surface area contributed by atoms with E-state index in [4.69, 9.17) is 0 Å². The van der Waals surface area contributed by atoms with Crippen molar-refractivity contribution < 1.29 is 4.79 Å². The highest BCUT2D eigenvalue weighted by Gasteiger charge is 2.20. The van der Waals surface area contributed by atoms with E-state index in [1.165, 1.54) is 10.8 Å². The molecular formula is C22H29NOSi. The van der Waals surface area contributed by atoms with Crippen molar-refractivity contribution in [1.29, 1.82) is 0 Å². The largest absolute Gasteiger partial charge is 0.335 e. The summed E-state index contributed by atoms with van der Waals surface area (Å²) in [6.07, 6.45) is 3.93. The van der Waals surface area contributed by atoms with E-state index in [1.54, 1.807) is 6.08 Å². The molecule has 0 unspecified atom stereocenters. The molecular weight excluding hydrogens is 322 g/mol. The summed E-state index contributed by atoms with van der Waals surface area (Å²) in [5, 5.41) is 1.35. The predicted molar refractivity (Wildman–Crippen MR) is 109 cm³/mol. The van der Waals surface area contributed by atoms with Crippen molar-refractivity contribution in [3.63, 3.8) is 0 Å². The van der Waals surface area contributed by atoms with Crippen LogP contribution in [0.25, 0.3) is 0 Å². The molecule has 0 aliphatic heterocycles. The molecule has 2 rings (SSSR count). The maximum atomic E-state index is 12.8. The molecule has 0 fully saturated rings. The van der Waals surface area contributed by atoms with E-state index in [0.29, 0.717) is 6.54 Å². The van der Waals surface area contributed by atoms with Crippen LogP contribution in [0.4, 0.5) is 0 Å². The Bertz CT molecular complexity index is 680. The van der Waals surface area contributed by atoms with Crippen molar-refractivity contribution in [2.24, 2.45) is 0 Å². The molecule has 1 amide bonds. The fourth-order valence-corrected chi connectivity index (χ4v) is 4.57. The number of amides is 1. The number of benzene rings is 2. The second kappa shape index (κ2) is 9.38. The van der Waals surface area contributed by atoms with E-state index >= 15 is 0 Å². The molecule has 2 aromatic rings. The Balaban J connectivity index is 2.10. The maximum Gasteiger partial charge on any atom is 0.246 e. The molecule has 0 aromatic heterocycles. The Labute approximate surface area is 153 Å². The zero-order valence-corrected chi connectivity index (χ0v) is 16.6. The molecule has 0 bridgehead atoms. The van der Waals surface area contributed by atoms with Crippen LogP contribution in [0.15, 0.2) is 72.4 Å². The molecule has 0 atom stereocenters. The molecule has 0 heterocycles. The number of rotatable bonds is 8. The van der Waals surface area contributed by atoms with E-state index in [0.717, 1.165) is 19.4 Å². The molecule has 0 saturated heterocycles. The zero-order chi connectivity index (χ0) is 18.1. The lowest BCUT2D eigenvalue weighted by Crippen LogP contribution is -2.40. The van der Waals surface area contributed by atoms with Crippen LogP contribution in [0.1, 0.15) is 25.3 Å². The second-order valence-corrected chi connectivity index (χ2v) is 11.4. The maximum absolute atomic E-state index is 12.8. The molecule has 2 aromatic carbocycles. The van der Waals surface area contributed by atoms with E-state index in [-0.39, 0.29) is 5.91 Å². The molecule has 132 valence electrons. The van der Waals surface area contributed by atoms with Crippen molar-refractivity contribution in [2.75, 3.05) is 6.54 Å². The average molecular weight is 352 g/mol. The summed E-state index contributed by atoms with van der Waals surface area (Å²) in [4.78, 5) is 14.8. The number of unbranched alkanes of at least 4 members (excludes halogenated alkanes) is 1. The minimum Gasteiger partial charge on any atom is -0.335 e. The zero-order valence-electron chi connectivity index (χ0n) is 15.6. The van der Waals surface area contributed by atoms with Crippen molar-refractivity contribution in [3.8, 4) is 0 Å². The van der Waals surface area contributed by atoms with E-state index in [2.05, 4.69) is 62.1 Å². The van der Waals surface area contributed by atoms with Gasteiger partial charge in [0.2, 0.25) is 5.91 Å². The van der Waals surface area contributed by atoms with Gasteiger partial charge in [-0.05, 0) is 18.1 Å². The Morgan fingerprint density at radius 3 is 2.20 bits per heavy atom. The van der Waals surface area contributed by atoms with Crippen LogP contribution in [0.3, 0.4) is 0 Å². The van der Waals surface area contributed by atoms with Gasteiger partial charge in [-0.15, -0.1) is 0 Å². The molecule has 2 nitrogen and oxygen atoms in total. The highest BCUT2D eigenvalue weighted by Crippen LogP contribution is 2.09. The molecule has 0 radical (unpaired) electrons. The summed E-state index contributed by atoms with van der Waals surface area (Å²) in [6.45, 7) is 8.20. The minimum absolute atomic E-state index is 0.119. The van der Waals surface area contributed by atoms with Crippen LogP contribution >= 0.6 is 0 Å². The van der Waals surface area contributed by atoms with Gasteiger partial charge >= 0.3 is 0 Å². The fraction of sp³-hybridized carbons (Fsp3) is 0.318. The Morgan fingerprint density at radius 2 is 1.60 bits per heavy atom. The summed E-state index contributed by atoms with van der Waals surface area (Å²) in [6, 6.07) is 20.7. The van der Waals surface area contributed by atoms with Gasteiger partial charge in [0.25, 0.3) is 0 Å². The molecule has 25 heavy (non-hydrogen) atoms. The van der Waals surface area contributed by atoms with Gasteiger partial charge in [-0.25, -0.2) is 0 Å². The fourth-order valence-electron chi connectivity index (χ4n) is 2.77.